The van der Waals surface area contributed by atoms with Crippen molar-refractivity contribution < 1.29 is 9.53 Å². The van der Waals surface area contributed by atoms with Crippen molar-refractivity contribution in [3.8, 4) is 6.07 Å². The Morgan fingerprint density at radius 2 is 2.48 bits per heavy atom. The van der Waals surface area contributed by atoms with Crippen LogP contribution < -0.4 is 5.32 Å². The summed E-state index contributed by atoms with van der Waals surface area (Å²) in [4.78, 5) is 22.0. The molecule has 0 spiro atoms. The fraction of sp³-hybridized carbons (Fsp3) is 0.500. The predicted octanol–water partition coefficient (Wildman–Crippen LogP) is 2.53. The summed E-state index contributed by atoms with van der Waals surface area (Å²) in [6.07, 6.45) is 6.02. The highest BCUT2D eigenvalue weighted by molar-refractivity contribution is 6.04. The molecule has 1 saturated heterocycles. The van der Waals surface area contributed by atoms with E-state index < -0.39 is 0 Å². The third kappa shape index (κ3) is 3.91. The zero-order chi connectivity index (χ0) is 17.6. The molecule has 7 heteroatoms. The molecule has 1 fully saturated rings. The topological polar surface area (TPSA) is 94.0 Å². The maximum absolute atomic E-state index is 12.3. The van der Waals surface area contributed by atoms with Crippen LogP contribution in [0.2, 0.25) is 0 Å². The lowest BCUT2D eigenvalue weighted by molar-refractivity contribution is 0.0527. The van der Waals surface area contributed by atoms with Gasteiger partial charge < -0.3 is 19.9 Å². The van der Waals surface area contributed by atoms with Crippen molar-refractivity contribution in [1.82, 2.24) is 14.9 Å². The standard InChI is InChI=1S/C18H23N5O2/c1-2-25-18(24)15-11-21-17-14(6-8-20-17)16(15)22-13-5-3-9-23(12-13)10-4-7-19/h6,8,11,13H,2-5,9-10,12H2,1H3,(H2,20,21,22)/t13-/m1/s1. The van der Waals surface area contributed by atoms with E-state index in [-0.39, 0.29) is 12.0 Å². The number of fused-ring (bicyclic) bond motifs is 1. The number of carbonyl (C=O) groups is 1. The van der Waals surface area contributed by atoms with Gasteiger partial charge in [-0.25, -0.2) is 9.78 Å². The van der Waals surface area contributed by atoms with Crippen LogP contribution in [-0.4, -0.2) is 53.1 Å². The Labute approximate surface area is 147 Å². The SMILES string of the molecule is CCOC(=O)c1cnc2[nH]ccc2c1N[C@@H]1CCCN(CCC#N)C1. The molecular formula is C18H23N5O2. The molecule has 2 N–H and O–H groups in total. The van der Waals surface area contributed by atoms with Crippen molar-refractivity contribution in [3.63, 3.8) is 0 Å². The molecular weight excluding hydrogens is 318 g/mol. The lowest BCUT2D eigenvalue weighted by atomic mass is 10.0. The van der Waals surface area contributed by atoms with Gasteiger partial charge in [0.1, 0.15) is 11.2 Å². The van der Waals surface area contributed by atoms with Gasteiger partial charge in [0.15, 0.2) is 0 Å². The van der Waals surface area contributed by atoms with Gasteiger partial charge in [0.2, 0.25) is 0 Å². The van der Waals surface area contributed by atoms with E-state index in [0.717, 1.165) is 49.2 Å². The van der Waals surface area contributed by atoms with Crippen LogP contribution in [-0.2, 0) is 4.74 Å². The minimum absolute atomic E-state index is 0.223. The number of piperidine rings is 1. The van der Waals surface area contributed by atoms with Gasteiger partial charge in [-0.05, 0) is 32.4 Å². The fourth-order valence-electron chi connectivity index (χ4n) is 3.32. The third-order valence-corrected chi connectivity index (χ3v) is 4.48. The third-order valence-electron chi connectivity index (χ3n) is 4.48. The van der Waals surface area contributed by atoms with Crippen LogP contribution in [0.15, 0.2) is 18.5 Å². The highest BCUT2D eigenvalue weighted by atomic mass is 16.5. The highest BCUT2D eigenvalue weighted by Crippen LogP contribution is 2.28. The lowest BCUT2D eigenvalue weighted by Crippen LogP contribution is -2.42. The van der Waals surface area contributed by atoms with Gasteiger partial charge >= 0.3 is 5.97 Å². The number of nitrogens with one attached hydrogen (secondary N) is 2. The smallest absolute Gasteiger partial charge is 0.341 e. The van der Waals surface area contributed by atoms with Gasteiger partial charge in [0.05, 0.1) is 18.4 Å². The zero-order valence-electron chi connectivity index (χ0n) is 14.4. The first kappa shape index (κ1) is 17.2. The molecule has 1 aliphatic heterocycles. The molecule has 3 rings (SSSR count). The number of aromatic amines is 1. The van der Waals surface area contributed by atoms with Gasteiger partial charge in [-0.2, -0.15) is 5.26 Å². The normalized spacial score (nSPS) is 18.0. The molecule has 2 aromatic heterocycles. The molecule has 1 atom stereocenters. The van der Waals surface area contributed by atoms with Crippen LogP contribution in [0.3, 0.4) is 0 Å². The maximum Gasteiger partial charge on any atom is 0.341 e. The maximum atomic E-state index is 12.3. The van der Waals surface area contributed by atoms with Crippen molar-refractivity contribution >= 4 is 22.7 Å². The Balaban J connectivity index is 1.84. The fourth-order valence-corrected chi connectivity index (χ4v) is 3.32. The number of esters is 1. The number of H-pyrrole nitrogens is 1. The van der Waals surface area contributed by atoms with Crippen LogP contribution in [0.5, 0.6) is 0 Å². The Morgan fingerprint density at radius 1 is 1.60 bits per heavy atom. The van der Waals surface area contributed by atoms with Gasteiger partial charge in [-0.3, -0.25) is 0 Å². The van der Waals surface area contributed by atoms with Gasteiger partial charge in [0.25, 0.3) is 0 Å². The first-order valence-electron chi connectivity index (χ1n) is 8.72. The summed E-state index contributed by atoms with van der Waals surface area (Å²) >= 11 is 0. The molecule has 0 unspecified atom stereocenters. The van der Waals surface area contributed by atoms with E-state index in [2.05, 4.69) is 26.3 Å². The second kappa shape index (κ2) is 7.99. The van der Waals surface area contributed by atoms with Gasteiger partial charge in [-0.1, -0.05) is 0 Å². The number of ether oxygens (including phenoxy) is 1. The predicted molar refractivity (Wildman–Crippen MR) is 95.4 cm³/mol. The van der Waals surface area contributed by atoms with Crippen LogP contribution in [0.1, 0.15) is 36.5 Å². The van der Waals surface area contributed by atoms with Gasteiger partial charge in [0, 0.05) is 43.3 Å². The minimum Gasteiger partial charge on any atom is -0.462 e. The molecule has 0 aromatic carbocycles. The van der Waals surface area contributed by atoms with Crippen LogP contribution in [0, 0.1) is 11.3 Å². The van der Waals surface area contributed by atoms with Crippen molar-refractivity contribution in [1.29, 1.82) is 5.26 Å². The molecule has 25 heavy (non-hydrogen) atoms. The van der Waals surface area contributed by atoms with E-state index in [1.54, 1.807) is 13.1 Å². The number of anilines is 1. The summed E-state index contributed by atoms with van der Waals surface area (Å²) in [7, 11) is 0. The molecule has 3 heterocycles. The molecule has 1 aliphatic rings. The number of likely N-dealkylation sites (tertiary alicyclic amines) is 1. The number of pyridine rings is 1. The van der Waals surface area contributed by atoms with Crippen molar-refractivity contribution in [2.45, 2.75) is 32.2 Å². The second-order valence-corrected chi connectivity index (χ2v) is 6.20. The molecule has 132 valence electrons. The van der Waals surface area contributed by atoms with Crippen molar-refractivity contribution in [2.24, 2.45) is 0 Å². The highest BCUT2D eigenvalue weighted by Gasteiger charge is 2.23. The average Bonchev–Trinajstić information content (AvgIpc) is 3.10. The Bertz CT molecular complexity index is 779. The molecule has 2 aromatic rings. The summed E-state index contributed by atoms with van der Waals surface area (Å²) in [6.45, 7) is 4.78. The Kier molecular flexibility index (Phi) is 5.51. The number of hydrogen-bond acceptors (Lipinski definition) is 6. The van der Waals surface area contributed by atoms with Crippen LogP contribution in [0.25, 0.3) is 11.0 Å². The lowest BCUT2D eigenvalue weighted by Gasteiger charge is -2.33. The summed E-state index contributed by atoms with van der Waals surface area (Å²) in [5.41, 5.74) is 1.98. The molecule has 0 amide bonds. The van der Waals surface area contributed by atoms with E-state index in [9.17, 15) is 4.79 Å². The van der Waals surface area contributed by atoms with Crippen molar-refractivity contribution in [2.75, 3.05) is 31.6 Å². The number of carbonyl (C=O) groups excluding carboxylic acids is 1. The molecule has 0 saturated carbocycles. The molecule has 0 aliphatic carbocycles. The molecule has 0 bridgehead atoms. The minimum atomic E-state index is -0.363. The van der Waals surface area contributed by atoms with E-state index in [0.29, 0.717) is 18.6 Å². The van der Waals surface area contributed by atoms with Crippen LogP contribution >= 0.6 is 0 Å². The van der Waals surface area contributed by atoms with Gasteiger partial charge in [-0.15, -0.1) is 0 Å². The molecule has 7 nitrogen and oxygen atoms in total. The van der Waals surface area contributed by atoms with E-state index in [1.165, 1.54) is 0 Å². The van der Waals surface area contributed by atoms with E-state index in [1.807, 2.05) is 12.3 Å². The van der Waals surface area contributed by atoms with Crippen LogP contribution in [0.4, 0.5) is 5.69 Å². The quantitative estimate of drug-likeness (QED) is 0.784. The Hall–Kier alpha value is -2.59. The number of nitrogens with zero attached hydrogens (tertiary/aromatic N) is 3. The summed E-state index contributed by atoms with van der Waals surface area (Å²) in [6, 6.07) is 4.35. The summed E-state index contributed by atoms with van der Waals surface area (Å²) < 4.78 is 5.18. The first-order chi connectivity index (χ1) is 12.2. The number of hydrogen-bond donors (Lipinski definition) is 2. The first-order valence-corrected chi connectivity index (χ1v) is 8.72. The number of aromatic nitrogens is 2. The number of rotatable bonds is 6. The van der Waals surface area contributed by atoms with E-state index >= 15 is 0 Å². The zero-order valence-corrected chi connectivity index (χ0v) is 14.4. The summed E-state index contributed by atoms with van der Waals surface area (Å²) in [5, 5.41) is 13.2. The largest absolute Gasteiger partial charge is 0.462 e. The average molecular weight is 341 g/mol. The van der Waals surface area contributed by atoms with Crippen molar-refractivity contribution in [3.05, 3.63) is 24.0 Å². The van der Waals surface area contributed by atoms with E-state index in [4.69, 9.17) is 10.00 Å². The molecule has 0 radical (unpaired) electrons. The Morgan fingerprint density at radius 3 is 3.28 bits per heavy atom. The number of nitriles is 1. The second-order valence-electron chi connectivity index (χ2n) is 6.20. The monoisotopic (exact) mass is 341 g/mol. The summed E-state index contributed by atoms with van der Waals surface area (Å²) in [5.74, 6) is -0.363.